The van der Waals surface area contributed by atoms with Crippen LogP contribution in [0, 0.1) is 6.92 Å². The van der Waals surface area contributed by atoms with Gasteiger partial charge >= 0.3 is 0 Å². The number of rotatable bonds is 4. The van der Waals surface area contributed by atoms with Crippen molar-refractivity contribution in [3.8, 4) is 0 Å². The van der Waals surface area contributed by atoms with Crippen LogP contribution in [0.3, 0.4) is 0 Å². The first-order valence-electron chi connectivity index (χ1n) is 5.47. The molecule has 0 fully saturated rings. The first-order valence-corrected chi connectivity index (χ1v) is 6.35. The SMILES string of the molecule is Cc1nc(CCc2ccc(CN)cc2)cs1. The van der Waals surface area contributed by atoms with Crippen LogP contribution in [0.1, 0.15) is 21.8 Å². The lowest BCUT2D eigenvalue weighted by Gasteiger charge is -2.01. The van der Waals surface area contributed by atoms with Crippen molar-refractivity contribution >= 4 is 11.3 Å². The molecule has 0 atom stereocenters. The quantitative estimate of drug-likeness (QED) is 0.880. The Kier molecular flexibility index (Phi) is 3.70. The molecule has 2 rings (SSSR count). The third-order valence-electron chi connectivity index (χ3n) is 2.60. The van der Waals surface area contributed by atoms with Crippen LogP contribution >= 0.6 is 11.3 Å². The summed E-state index contributed by atoms with van der Waals surface area (Å²) in [6, 6.07) is 8.51. The van der Waals surface area contributed by atoms with Crippen molar-refractivity contribution in [3.63, 3.8) is 0 Å². The standard InChI is InChI=1S/C13H16N2S/c1-10-15-13(9-16-10)7-6-11-2-4-12(8-14)5-3-11/h2-5,9H,6-8,14H2,1H3. The Bertz CT molecular complexity index is 445. The van der Waals surface area contributed by atoms with E-state index in [9.17, 15) is 0 Å². The fourth-order valence-corrected chi connectivity index (χ4v) is 2.28. The van der Waals surface area contributed by atoms with Gasteiger partial charge in [0.25, 0.3) is 0 Å². The molecule has 2 N–H and O–H groups in total. The van der Waals surface area contributed by atoms with Crippen molar-refractivity contribution in [1.82, 2.24) is 4.98 Å². The van der Waals surface area contributed by atoms with Crippen LogP contribution in [0.4, 0.5) is 0 Å². The van der Waals surface area contributed by atoms with Gasteiger partial charge in [-0.15, -0.1) is 11.3 Å². The molecule has 2 nitrogen and oxygen atoms in total. The second-order valence-electron chi connectivity index (χ2n) is 3.88. The van der Waals surface area contributed by atoms with E-state index in [1.807, 2.05) is 6.92 Å². The van der Waals surface area contributed by atoms with E-state index in [2.05, 4.69) is 34.6 Å². The maximum Gasteiger partial charge on any atom is 0.0897 e. The van der Waals surface area contributed by atoms with Gasteiger partial charge in [-0.3, -0.25) is 0 Å². The molecule has 16 heavy (non-hydrogen) atoms. The highest BCUT2D eigenvalue weighted by molar-refractivity contribution is 7.09. The lowest BCUT2D eigenvalue weighted by molar-refractivity contribution is 0.917. The van der Waals surface area contributed by atoms with Crippen LogP contribution in [0.2, 0.25) is 0 Å². The molecule has 0 saturated carbocycles. The van der Waals surface area contributed by atoms with E-state index < -0.39 is 0 Å². The summed E-state index contributed by atoms with van der Waals surface area (Å²) in [6.07, 6.45) is 2.07. The molecular formula is C13H16N2S. The minimum atomic E-state index is 0.617. The molecule has 0 aliphatic heterocycles. The molecule has 0 radical (unpaired) electrons. The van der Waals surface area contributed by atoms with Crippen molar-refractivity contribution in [2.75, 3.05) is 0 Å². The number of nitrogens with zero attached hydrogens (tertiary/aromatic N) is 1. The third kappa shape index (κ3) is 2.90. The molecular weight excluding hydrogens is 216 g/mol. The van der Waals surface area contributed by atoms with E-state index in [1.165, 1.54) is 16.8 Å². The second kappa shape index (κ2) is 5.23. The Balaban J connectivity index is 1.94. The van der Waals surface area contributed by atoms with Crippen LogP contribution in [0.5, 0.6) is 0 Å². The van der Waals surface area contributed by atoms with Crippen LogP contribution in [-0.4, -0.2) is 4.98 Å². The third-order valence-corrected chi connectivity index (χ3v) is 3.42. The zero-order valence-corrected chi connectivity index (χ0v) is 10.3. The molecule has 0 amide bonds. The van der Waals surface area contributed by atoms with Gasteiger partial charge in [0.1, 0.15) is 0 Å². The van der Waals surface area contributed by atoms with Crippen molar-refractivity contribution in [2.24, 2.45) is 5.73 Å². The summed E-state index contributed by atoms with van der Waals surface area (Å²) in [5.41, 5.74) is 9.30. The van der Waals surface area contributed by atoms with Gasteiger partial charge in [-0.05, 0) is 30.9 Å². The summed E-state index contributed by atoms with van der Waals surface area (Å²) >= 11 is 1.72. The van der Waals surface area contributed by atoms with E-state index in [1.54, 1.807) is 11.3 Å². The summed E-state index contributed by atoms with van der Waals surface area (Å²) in [6.45, 7) is 2.66. The number of benzene rings is 1. The number of hydrogen-bond donors (Lipinski definition) is 1. The zero-order valence-electron chi connectivity index (χ0n) is 9.44. The van der Waals surface area contributed by atoms with E-state index >= 15 is 0 Å². The van der Waals surface area contributed by atoms with Crippen LogP contribution in [-0.2, 0) is 19.4 Å². The highest BCUT2D eigenvalue weighted by Gasteiger charge is 1.99. The fourth-order valence-electron chi connectivity index (χ4n) is 1.64. The Morgan fingerprint density at radius 1 is 1.12 bits per heavy atom. The van der Waals surface area contributed by atoms with Gasteiger partial charge in [-0.1, -0.05) is 24.3 Å². The molecule has 0 aliphatic rings. The van der Waals surface area contributed by atoms with Crippen molar-refractivity contribution in [3.05, 3.63) is 51.5 Å². The number of aryl methyl sites for hydroxylation is 3. The van der Waals surface area contributed by atoms with E-state index in [0.717, 1.165) is 17.8 Å². The van der Waals surface area contributed by atoms with Crippen LogP contribution in [0.15, 0.2) is 29.6 Å². The zero-order chi connectivity index (χ0) is 11.4. The molecule has 1 aromatic heterocycles. The average Bonchev–Trinajstić information content (AvgIpc) is 2.73. The minimum absolute atomic E-state index is 0.617. The number of aromatic nitrogens is 1. The minimum Gasteiger partial charge on any atom is -0.326 e. The molecule has 0 aliphatic carbocycles. The molecule has 1 heterocycles. The first-order chi connectivity index (χ1) is 7.78. The van der Waals surface area contributed by atoms with Crippen LogP contribution in [0.25, 0.3) is 0 Å². The van der Waals surface area contributed by atoms with Crippen molar-refractivity contribution < 1.29 is 0 Å². The van der Waals surface area contributed by atoms with Gasteiger partial charge in [0.05, 0.1) is 10.7 Å². The Morgan fingerprint density at radius 3 is 2.38 bits per heavy atom. The summed E-state index contributed by atoms with van der Waals surface area (Å²) < 4.78 is 0. The smallest absolute Gasteiger partial charge is 0.0897 e. The van der Waals surface area contributed by atoms with Crippen LogP contribution < -0.4 is 5.73 Å². The molecule has 2 aromatic rings. The number of hydrogen-bond acceptors (Lipinski definition) is 3. The molecule has 3 heteroatoms. The van der Waals surface area contributed by atoms with Gasteiger partial charge in [-0.2, -0.15) is 0 Å². The molecule has 0 bridgehead atoms. The summed E-state index contributed by atoms with van der Waals surface area (Å²) in [5, 5.41) is 3.29. The summed E-state index contributed by atoms with van der Waals surface area (Å²) in [7, 11) is 0. The lowest BCUT2D eigenvalue weighted by atomic mass is 10.1. The lowest BCUT2D eigenvalue weighted by Crippen LogP contribution is -1.97. The second-order valence-corrected chi connectivity index (χ2v) is 4.94. The number of nitrogens with two attached hydrogens (primary N) is 1. The van der Waals surface area contributed by atoms with Gasteiger partial charge in [0, 0.05) is 11.9 Å². The fraction of sp³-hybridized carbons (Fsp3) is 0.308. The van der Waals surface area contributed by atoms with Gasteiger partial charge < -0.3 is 5.73 Å². The molecule has 0 saturated heterocycles. The highest BCUT2D eigenvalue weighted by atomic mass is 32.1. The van der Waals surface area contributed by atoms with Crippen molar-refractivity contribution in [1.29, 1.82) is 0 Å². The topological polar surface area (TPSA) is 38.9 Å². The molecule has 0 unspecified atom stereocenters. The van der Waals surface area contributed by atoms with Gasteiger partial charge in [0.2, 0.25) is 0 Å². The average molecular weight is 232 g/mol. The predicted octanol–water partition coefficient (Wildman–Crippen LogP) is 2.70. The first kappa shape index (κ1) is 11.3. The van der Waals surface area contributed by atoms with Gasteiger partial charge in [-0.25, -0.2) is 4.98 Å². The monoisotopic (exact) mass is 232 g/mol. The van der Waals surface area contributed by atoms with E-state index in [4.69, 9.17) is 5.73 Å². The maximum absolute atomic E-state index is 5.56. The Morgan fingerprint density at radius 2 is 1.81 bits per heavy atom. The highest BCUT2D eigenvalue weighted by Crippen LogP contribution is 2.12. The summed E-state index contributed by atoms with van der Waals surface area (Å²) in [5.74, 6) is 0. The van der Waals surface area contributed by atoms with Crippen molar-refractivity contribution in [2.45, 2.75) is 26.3 Å². The number of thiazole rings is 1. The maximum atomic E-state index is 5.56. The van der Waals surface area contributed by atoms with E-state index in [0.29, 0.717) is 6.54 Å². The van der Waals surface area contributed by atoms with Gasteiger partial charge in [0.15, 0.2) is 0 Å². The summed E-state index contributed by atoms with van der Waals surface area (Å²) in [4.78, 5) is 4.46. The largest absolute Gasteiger partial charge is 0.326 e. The van der Waals surface area contributed by atoms with E-state index in [-0.39, 0.29) is 0 Å². The Hall–Kier alpha value is -1.19. The Labute approximate surface area is 100 Å². The predicted molar refractivity (Wildman–Crippen MR) is 68.6 cm³/mol. The molecule has 84 valence electrons. The molecule has 0 spiro atoms. The normalized spacial score (nSPS) is 10.6. The molecule has 1 aromatic carbocycles.